The number of hydrogen-bond acceptors (Lipinski definition) is 3. The average Bonchev–Trinajstić information content (AvgIpc) is 2.29. The molecule has 0 bridgehead atoms. The molecule has 1 aromatic carbocycles. The SMILES string of the molecule is COC(=N)CCCc1ccc(OC)c(C)c1. The second kappa shape index (κ2) is 6.16. The first-order valence-corrected chi connectivity index (χ1v) is 5.42. The van der Waals surface area contributed by atoms with Crippen LogP contribution in [-0.4, -0.2) is 20.1 Å². The summed E-state index contributed by atoms with van der Waals surface area (Å²) in [7, 11) is 3.22. The zero-order chi connectivity index (χ0) is 12.0. The summed E-state index contributed by atoms with van der Waals surface area (Å²) in [6, 6.07) is 6.20. The second-order valence-electron chi connectivity index (χ2n) is 3.78. The van der Waals surface area contributed by atoms with Crippen LogP contribution in [0.4, 0.5) is 0 Å². The van der Waals surface area contributed by atoms with Crippen molar-refractivity contribution in [3.8, 4) is 5.75 Å². The van der Waals surface area contributed by atoms with Crippen LogP contribution in [-0.2, 0) is 11.2 Å². The third-order valence-corrected chi connectivity index (χ3v) is 2.57. The lowest BCUT2D eigenvalue weighted by Gasteiger charge is -2.07. The number of rotatable bonds is 5. The van der Waals surface area contributed by atoms with E-state index in [-0.39, 0.29) is 0 Å². The number of methoxy groups -OCH3 is 2. The van der Waals surface area contributed by atoms with Crippen molar-refractivity contribution in [2.75, 3.05) is 14.2 Å². The van der Waals surface area contributed by atoms with Crippen molar-refractivity contribution < 1.29 is 9.47 Å². The van der Waals surface area contributed by atoms with Gasteiger partial charge in [-0.1, -0.05) is 12.1 Å². The summed E-state index contributed by atoms with van der Waals surface area (Å²) in [6.45, 7) is 2.04. The monoisotopic (exact) mass is 221 g/mol. The number of nitrogens with one attached hydrogen (secondary N) is 1. The molecule has 1 rings (SSSR count). The van der Waals surface area contributed by atoms with Crippen LogP contribution in [0.1, 0.15) is 24.0 Å². The molecule has 3 nitrogen and oxygen atoms in total. The third kappa shape index (κ3) is 3.57. The molecule has 0 aliphatic rings. The van der Waals surface area contributed by atoms with Gasteiger partial charge in [0.15, 0.2) is 5.90 Å². The molecule has 0 atom stereocenters. The summed E-state index contributed by atoms with van der Waals surface area (Å²) in [6.07, 6.45) is 2.61. The molecule has 0 aliphatic heterocycles. The van der Waals surface area contributed by atoms with E-state index in [1.54, 1.807) is 14.2 Å². The van der Waals surface area contributed by atoms with Crippen molar-refractivity contribution in [3.05, 3.63) is 29.3 Å². The van der Waals surface area contributed by atoms with Gasteiger partial charge in [-0.05, 0) is 37.0 Å². The highest BCUT2D eigenvalue weighted by atomic mass is 16.5. The molecule has 0 aromatic heterocycles. The van der Waals surface area contributed by atoms with Gasteiger partial charge in [-0.25, -0.2) is 0 Å². The Morgan fingerprint density at radius 1 is 1.31 bits per heavy atom. The quantitative estimate of drug-likeness (QED) is 0.613. The Labute approximate surface area is 96.9 Å². The zero-order valence-corrected chi connectivity index (χ0v) is 10.2. The minimum atomic E-state index is 0.352. The van der Waals surface area contributed by atoms with Crippen LogP contribution in [0.15, 0.2) is 18.2 Å². The Kier molecular flexibility index (Phi) is 4.83. The maximum Gasteiger partial charge on any atom is 0.180 e. The van der Waals surface area contributed by atoms with Gasteiger partial charge in [-0.2, -0.15) is 0 Å². The average molecular weight is 221 g/mol. The van der Waals surface area contributed by atoms with Gasteiger partial charge < -0.3 is 9.47 Å². The van der Waals surface area contributed by atoms with Crippen molar-refractivity contribution in [2.24, 2.45) is 0 Å². The summed E-state index contributed by atoms with van der Waals surface area (Å²) in [4.78, 5) is 0. The number of hydrogen-bond donors (Lipinski definition) is 1. The first-order valence-electron chi connectivity index (χ1n) is 5.42. The molecular weight excluding hydrogens is 202 g/mol. The van der Waals surface area contributed by atoms with E-state index in [1.807, 2.05) is 13.0 Å². The maximum atomic E-state index is 7.37. The molecule has 1 aromatic rings. The minimum Gasteiger partial charge on any atom is -0.496 e. The van der Waals surface area contributed by atoms with E-state index in [1.165, 1.54) is 5.56 Å². The van der Waals surface area contributed by atoms with Crippen molar-refractivity contribution in [1.29, 1.82) is 5.41 Å². The Bertz CT molecular complexity index is 361. The Morgan fingerprint density at radius 3 is 2.62 bits per heavy atom. The van der Waals surface area contributed by atoms with Crippen LogP contribution in [0.25, 0.3) is 0 Å². The van der Waals surface area contributed by atoms with Gasteiger partial charge in [0.1, 0.15) is 5.75 Å². The molecule has 0 saturated heterocycles. The molecule has 3 heteroatoms. The van der Waals surface area contributed by atoms with E-state index < -0.39 is 0 Å². The second-order valence-corrected chi connectivity index (χ2v) is 3.78. The first-order chi connectivity index (χ1) is 7.67. The molecule has 16 heavy (non-hydrogen) atoms. The Hall–Kier alpha value is -1.51. The summed E-state index contributed by atoms with van der Waals surface area (Å²) >= 11 is 0. The third-order valence-electron chi connectivity index (χ3n) is 2.57. The van der Waals surface area contributed by atoms with Crippen molar-refractivity contribution in [2.45, 2.75) is 26.2 Å². The van der Waals surface area contributed by atoms with Gasteiger partial charge in [-0.15, -0.1) is 0 Å². The lowest BCUT2D eigenvalue weighted by atomic mass is 10.1. The highest BCUT2D eigenvalue weighted by molar-refractivity contribution is 5.72. The molecule has 0 spiro atoms. The highest BCUT2D eigenvalue weighted by Crippen LogP contribution is 2.19. The van der Waals surface area contributed by atoms with E-state index in [2.05, 4.69) is 12.1 Å². The fourth-order valence-corrected chi connectivity index (χ4v) is 1.65. The van der Waals surface area contributed by atoms with Crippen LogP contribution in [0.2, 0.25) is 0 Å². The lowest BCUT2D eigenvalue weighted by molar-refractivity contribution is 0.384. The van der Waals surface area contributed by atoms with Gasteiger partial charge in [0, 0.05) is 6.42 Å². The van der Waals surface area contributed by atoms with Gasteiger partial charge in [-0.3, -0.25) is 5.41 Å². The molecular formula is C13H19NO2. The zero-order valence-electron chi connectivity index (χ0n) is 10.2. The van der Waals surface area contributed by atoms with Gasteiger partial charge in [0.05, 0.1) is 14.2 Å². The largest absolute Gasteiger partial charge is 0.496 e. The Morgan fingerprint density at radius 2 is 2.06 bits per heavy atom. The van der Waals surface area contributed by atoms with Crippen molar-refractivity contribution in [1.82, 2.24) is 0 Å². The number of aryl methyl sites for hydroxylation is 2. The van der Waals surface area contributed by atoms with Gasteiger partial charge >= 0.3 is 0 Å². The van der Waals surface area contributed by atoms with E-state index in [0.717, 1.165) is 24.2 Å². The fourth-order valence-electron chi connectivity index (χ4n) is 1.65. The summed E-state index contributed by atoms with van der Waals surface area (Å²) in [5, 5.41) is 7.37. The van der Waals surface area contributed by atoms with Crippen LogP contribution in [0.3, 0.4) is 0 Å². The highest BCUT2D eigenvalue weighted by Gasteiger charge is 2.01. The molecule has 0 aliphatic carbocycles. The normalized spacial score (nSPS) is 9.94. The summed E-state index contributed by atoms with van der Waals surface area (Å²) in [5.74, 6) is 1.28. The summed E-state index contributed by atoms with van der Waals surface area (Å²) < 4.78 is 10.0. The molecule has 0 fully saturated rings. The fraction of sp³-hybridized carbons (Fsp3) is 0.462. The Balaban J connectivity index is 2.49. The number of ether oxygens (including phenoxy) is 2. The standard InChI is InChI=1S/C13H19NO2/c1-10-9-11(7-8-12(10)15-2)5-4-6-13(14)16-3/h7-9,14H,4-6H2,1-3H3. The number of benzene rings is 1. The lowest BCUT2D eigenvalue weighted by Crippen LogP contribution is -1.99. The summed E-state index contributed by atoms with van der Waals surface area (Å²) in [5.41, 5.74) is 2.43. The molecule has 0 unspecified atom stereocenters. The molecule has 0 heterocycles. The molecule has 0 amide bonds. The van der Waals surface area contributed by atoms with Crippen LogP contribution < -0.4 is 4.74 Å². The van der Waals surface area contributed by atoms with Crippen LogP contribution in [0, 0.1) is 12.3 Å². The van der Waals surface area contributed by atoms with Crippen molar-refractivity contribution >= 4 is 5.90 Å². The van der Waals surface area contributed by atoms with E-state index in [9.17, 15) is 0 Å². The predicted octanol–water partition coefficient (Wildman–Crippen LogP) is 2.95. The predicted molar refractivity (Wildman–Crippen MR) is 65.4 cm³/mol. The van der Waals surface area contributed by atoms with Gasteiger partial charge in [0.2, 0.25) is 0 Å². The maximum absolute atomic E-state index is 7.37. The van der Waals surface area contributed by atoms with E-state index in [0.29, 0.717) is 12.3 Å². The molecule has 1 N–H and O–H groups in total. The topological polar surface area (TPSA) is 42.3 Å². The van der Waals surface area contributed by atoms with E-state index in [4.69, 9.17) is 14.9 Å². The minimum absolute atomic E-state index is 0.352. The van der Waals surface area contributed by atoms with Crippen molar-refractivity contribution in [3.63, 3.8) is 0 Å². The molecule has 0 saturated carbocycles. The molecule has 88 valence electrons. The van der Waals surface area contributed by atoms with Gasteiger partial charge in [0.25, 0.3) is 0 Å². The first kappa shape index (κ1) is 12.6. The molecule has 0 radical (unpaired) electrons. The smallest absolute Gasteiger partial charge is 0.180 e. The van der Waals surface area contributed by atoms with Crippen LogP contribution in [0.5, 0.6) is 5.75 Å². The van der Waals surface area contributed by atoms with Crippen LogP contribution >= 0.6 is 0 Å². The van der Waals surface area contributed by atoms with E-state index >= 15 is 0 Å².